The molecule has 33 nitrogen and oxygen atoms in total. The van der Waals surface area contributed by atoms with Gasteiger partial charge in [0.05, 0.1) is 46.2 Å². The van der Waals surface area contributed by atoms with Gasteiger partial charge in [0.2, 0.25) is 0 Å². The SMILES string of the molecule is OC[C@H]1O[C@@H]2O[C@H]3[C@H](O)[C@@H](O)[C@@H](O[C@H]4[C@H]5O[C@H]5[C@@H](O[C@H]5[C@H](O)[C@@H](O)[C@@H](O[C@H]6[C@@H]7O[C@H]7[C@@H](O[C@H]7[C@H](O)[C@@H](O)[C@@H](O[C@H]8[C@H](O)[C@@H](O)[C@@H](O[C@H]1[C@H](O)[C@H]2O)O[C@@H]8CO)O[C@@H]7CO)O[C@@H]6CO)O[C@@H]5CO)O[C@@H]4CO)O[C@@H]3CO. The summed E-state index contributed by atoms with van der Waals surface area (Å²) in [7, 11) is 0. The number of hydrogen-bond donors (Lipinski definition) is 17. The van der Waals surface area contributed by atoms with Crippen LogP contribution in [0, 0.1) is 0 Å². The number of epoxide rings is 2. The summed E-state index contributed by atoms with van der Waals surface area (Å²) in [5.74, 6) is 0. The zero-order valence-corrected chi connectivity index (χ0v) is 39.3. The van der Waals surface area contributed by atoms with Gasteiger partial charge in [-0.3, -0.25) is 0 Å². The van der Waals surface area contributed by atoms with Gasteiger partial charge in [-0.1, -0.05) is 0 Å². The van der Waals surface area contributed by atoms with E-state index in [-0.39, 0.29) is 0 Å². The third kappa shape index (κ3) is 10.6. The molecule has 21 fully saturated rings. The second-order valence-electron chi connectivity index (χ2n) is 19.8. The molecule has 432 valence electrons. The van der Waals surface area contributed by atoms with Gasteiger partial charge in [0.15, 0.2) is 44.0 Å². The molecule has 0 unspecified atom stereocenters. The van der Waals surface area contributed by atoms with Gasteiger partial charge >= 0.3 is 0 Å². The lowest BCUT2D eigenvalue weighted by Gasteiger charge is -2.49. The Balaban J connectivity index is 0.908. The third-order valence-electron chi connectivity index (χ3n) is 15.2. The van der Waals surface area contributed by atoms with Crippen LogP contribution in [0.5, 0.6) is 0 Å². The molecule has 75 heavy (non-hydrogen) atoms. The van der Waals surface area contributed by atoms with Crippen LogP contribution in [0.25, 0.3) is 0 Å². The van der Waals surface area contributed by atoms with E-state index in [1.54, 1.807) is 0 Å². The predicted octanol–water partition coefficient (Wildman–Crippen LogP) is -13.1. The largest absolute Gasteiger partial charge is 0.394 e. The van der Waals surface area contributed by atoms with Crippen LogP contribution in [0.1, 0.15) is 0 Å². The van der Waals surface area contributed by atoms with Crippen molar-refractivity contribution >= 4 is 0 Å². The Bertz CT molecular complexity index is 1860. The molecule has 33 heteroatoms. The highest BCUT2D eigenvalue weighted by molar-refractivity contribution is 5.07. The van der Waals surface area contributed by atoms with E-state index >= 15 is 0 Å². The van der Waals surface area contributed by atoms with Crippen LogP contribution < -0.4 is 0 Å². The molecule has 21 aliphatic rings. The van der Waals surface area contributed by atoms with E-state index in [1.807, 2.05) is 0 Å². The van der Waals surface area contributed by atoms with Gasteiger partial charge in [-0.2, -0.15) is 0 Å². The maximum atomic E-state index is 11.4. The van der Waals surface area contributed by atoms with Gasteiger partial charge in [0.1, 0.15) is 171 Å². The van der Waals surface area contributed by atoms with E-state index in [0.717, 1.165) is 0 Å². The highest BCUT2D eigenvalue weighted by Crippen LogP contribution is 2.45. The van der Waals surface area contributed by atoms with Crippen molar-refractivity contribution in [2.75, 3.05) is 46.2 Å². The molecule has 21 rings (SSSR count). The fourth-order valence-corrected chi connectivity index (χ4v) is 10.9. The Labute approximate surface area is 423 Å². The molecular formula is C42H66O33. The molecule has 21 heterocycles. The van der Waals surface area contributed by atoms with Crippen LogP contribution in [0.15, 0.2) is 0 Å². The molecule has 21 saturated heterocycles. The van der Waals surface area contributed by atoms with Gasteiger partial charge in [0, 0.05) is 0 Å². The van der Waals surface area contributed by atoms with Crippen LogP contribution in [0.4, 0.5) is 0 Å². The van der Waals surface area contributed by atoms with Crippen LogP contribution in [-0.4, -0.2) is 348 Å². The lowest BCUT2D eigenvalue weighted by molar-refractivity contribution is -0.392. The first-order valence-electron chi connectivity index (χ1n) is 24.5. The summed E-state index contributed by atoms with van der Waals surface area (Å²) < 4.78 is 93.5. The summed E-state index contributed by atoms with van der Waals surface area (Å²) in [6.45, 7) is -6.20. The third-order valence-corrected chi connectivity index (χ3v) is 15.2. The summed E-state index contributed by atoms with van der Waals surface area (Å²) in [6, 6.07) is 0. The second kappa shape index (κ2) is 23.3. The van der Waals surface area contributed by atoms with E-state index in [1.165, 1.54) is 0 Å². The zero-order valence-electron chi connectivity index (χ0n) is 39.3. The molecule has 0 aromatic heterocycles. The number of hydrogen-bond acceptors (Lipinski definition) is 33. The van der Waals surface area contributed by atoms with E-state index < -0.39 is 261 Å². The second-order valence-corrected chi connectivity index (χ2v) is 19.8. The van der Waals surface area contributed by atoms with E-state index in [0.29, 0.717) is 0 Å². The molecule has 21 aliphatic heterocycles. The Morgan fingerprint density at radius 2 is 0.333 bits per heavy atom. The summed E-state index contributed by atoms with van der Waals surface area (Å²) in [4.78, 5) is 0. The molecular weight excluding hydrogens is 1030 g/mol. The number of aliphatic hydroxyl groups is 17. The Hall–Kier alpha value is -1.32. The van der Waals surface area contributed by atoms with Crippen molar-refractivity contribution in [3.05, 3.63) is 0 Å². The molecule has 14 bridgehead atoms. The minimum atomic E-state index is -2.14. The van der Waals surface area contributed by atoms with Crippen molar-refractivity contribution in [1.29, 1.82) is 0 Å². The van der Waals surface area contributed by atoms with Gasteiger partial charge in [-0.15, -0.1) is 0 Å². The van der Waals surface area contributed by atoms with Crippen LogP contribution in [-0.2, 0) is 75.8 Å². The molecule has 35 atom stereocenters. The number of rotatable bonds is 7. The van der Waals surface area contributed by atoms with Crippen molar-refractivity contribution in [2.24, 2.45) is 0 Å². The Kier molecular flexibility index (Phi) is 17.7. The maximum absolute atomic E-state index is 11.4. The molecule has 17 N–H and O–H groups in total. The van der Waals surface area contributed by atoms with Gasteiger partial charge in [-0.25, -0.2) is 0 Å². The van der Waals surface area contributed by atoms with E-state index in [4.69, 9.17) is 75.8 Å². The van der Waals surface area contributed by atoms with Gasteiger partial charge in [0.25, 0.3) is 0 Å². The van der Waals surface area contributed by atoms with Crippen LogP contribution >= 0.6 is 0 Å². The minimum Gasteiger partial charge on any atom is -0.394 e. The monoisotopic (exact) mass is 1100 g/mol. The molecule has 0 radical (unpaired) electrons. The van der Waals surface area contributed by atoms with Gasteiger partial charge in [-0.05, 0) is 0 Å². The quantitative estimate of drug-likeness (QED) is 0.105. The molecule has 0 aromatic rings. The highest BCUT2D eigenvalue weighted by Gasteiger charge is 2.65. The average Bonchev–Trinajstić information content (AvgIpc) is 4.37. The molecule has 0 aromatic carbocycles. The van der Waals surface area contributed by atoms with Crippen LogP contribution in [0.2, 0.25) is 0 Å². The normalized spacial score (nSPS) is 57.3. The van der Waals surface area contributed by atoms with E-state index in [2.05, 4.69) is 0 Å². The van der Waals surface area contributed by atoms with Crippen molar-refractivity contribution in [2.45, 2.75) is 215 Å². The summed E-state index contributed by atoms with van der Waals surface area (Å²) in [6.07, 6.45) is -58.2. The maximum Gasteiger partial charge on any atom is 0.187 e. The van der Waals surface area contributed by atoms with Crippen molar-refractivity contribution in [3.63, 3.8) is 0 Å². The van der Waals surface area contributed by atoms with Crippen molar-refractivity contribution in [3.8, 4) is 0 Å². The average molecular weight is 1100 g/mol. The van der Waals surface area contributed by atoms with Crippen molar-refractivity contribution in [1.82, 2.24) is 0 Å². The number of fused-ring (bicyclic) bond motifs is 2. The standard InChI is InChI=1S/C42H66O33/c43-1-8-25-15(50)21(56)37(61-8)71-27-10(3-45)63-39(23(58)17(27)52)74-30-13(6-48)66-42(35-32(30)67-35)73-29-12(5-47)64-40(24(59)19(29)54)75-31-14(7-49)65-41(34-33(31)68-34)72-28-11(4-46)62-38(22(57)18(28)53)70-26-9(2-44)60-36(69-25)20(55)16(26)51/h8-59H,1-7H2/t8-,9-,10-,11-,12-,13-,14-,15-,16-,17-,18-,19-,20-,21-,22-,23-,24-,25-,26-,27-,28-,29-,30-,31-,32-,33+,34-,35-,36-,37-,38-,39-,40-,41-,42-/m1/s1. The van der Waals surface area contributed by atoms with Gasteiger partial charge < -0.3 is 163 Å². The minimum absolute atomic E-state index is 0.778. The summed E-state index contributed by atoms with van der Waals surface area (Å²) in [5.41, 5.74) is 0. The molecule has 0 aliphatic carbocycles. The molecule has 0 saturated carbocycles. The molecule has 0 spiro atoms. The summed E-state index contributed by atoms with van der Waals surface area (Å²) in [5, 5.41) is 186. The fraction of sp³-hybridized carbons (Fsp3) is 1.00. The Morgan fingerprint density at radius 1 is 0.160 bits per heavy atom. The topological polar surface area (TPSA) is 498 Å². The summed E-state index contributed by atoms with van der Waals surface area (Å²) >= 11 is 0. The lowest BCUT2D eigenvalue weighted by Crippen LogP contribution is -2.68. The predicted molar refractivity (Wildman–Crippen MR) is 222 cm³/mol. The van der Waals surface area contributed by atoms with Crippen LogP contribution in [0.3, 0.4) is 0 Å². The van der Waals surface area contributed by atoms with Crippen molar-refractivity contribution < 1.29 is 163 Å². The molecule has 0 amide bonds. The fourth-order valence-electron chi connectivity index (χ4n) is 10.9. The smallest absolute Gasteiger partial charge is 0.187 e. The number of aliphatic hydroxyl groups excluding tert-OH is 17. The zero-order chi connectivity index (χ0) is 53.5. The lowest BCUT2D eigenvalue weighted by atomic mass is 9.95. The first-order valence-corrected chi connectivity index (χ1v) is 24.5. The highest BCUT2D eigenvalue weighted by atomic mass is 16.8. The first kappa shape index (κ1) is 56.9. The first-order chi connectivity index (χ1) is 36.0. The Morgan fingerprint density at radius 3 is 0.547 bits per heavy atom. The number of ether oxygens (including phenoxy) is 16. The van der Waals surface area contributed by atoms with E-state index in [9.17, 15) is 86.8 Å².